The average Bonchev–Trinajstić information content (AvgIpc) is 3.49. The zero-order chi connectivity index (χ0) is 25.5. The van der Waals surface area contributed by atoms with Crippen LogP contribution in [0.1, 0.15) is 36.8 Å². The number of nitrogen functional groups attached to an aromatic ring is 2. The van der Waals surface area contributed by atoms with Crippen molar-refractivity contribution in [2.75, 3.05) is 87.7 Å². The van der Waals surface area contributed by atoms with Gasteiger partial charge in [0.15, 0.2) is 0 Å². The van der Waals surface area contributed by atoms with Crippen molar-refractivity contribution in [2.45, 2.75) is 51.6 Å². The van der Waals surface area contributed by atoms with Gasteiger partial charge >= 0.3 is 0 Å². The van der Waals surface area contributed by atoms with E-state index in [-0.39, 0.29) is 24.8 Å². The molecule has 8 heteroatoms. The molecule has 0 saturated carbocycles. The molecule has 0 spiro atoms. The van der Waals surface area contributed by atoms with E-state index in [2.05, 4.69) is 74.1 Å². The minimum absolute atomic E-state index is 0. The summed E-state index contributed by atoms with van der Waals surface area (Å²) in [6.07, 6.45) is 5.21. The maximum Gasteiger partial charge on any atom is 0.129 e. The Balaban J connectivity index is 0.00000200. The predicted molar refractivity (Wildman–Crippen MR) is 153 cm³/mol. The summed E-state index contributed by atoms with van der Waals surface area (Å²) in [5, 5.41) is 0. The predicted octanol–water partition coefficient (Wildman–Crippen LogP) is -1.98. The lowest BCUT2D eigenvalue weighted by Gasteiger charge is -2.49. The maximum absolute atomic E-state index is 6.10. The first-order valence-electron chi connectivity index (χ1n) is 14.1. The second kappa shape index (κ2) is 12.1. The van der Waals surface area contributed by atoms with Crippen LogP contribution in [0, 0.1) is 13.8 Å². The van der Waals surface area contributed by atoms with E-state index in [0.717, 1.165) is 11.4 Å². The monoisotopic (exact) mass is 562 g/mol. The van der Waals surface area contributed by atoms with Gasteiger partial charge in [0.05, 0.1) is 39.3 Å². The molecule has 2 unspecified atom stereocenters. The van der Waals surface area contributed by atoms with E-state index in [1.165, 1.54) is 110 Å². The molecule has 3 aliphatic rings. The molecule has 3 fully saturated rings. The molecule has 4 N–H and O–H groups in total. The van der Waals surface area contributed by atoms with Crippen molar-refractivity contribution in [3.05, 3.63) is 47.5 Å². The van der Waals surface area contributed by atoms with Gasteiger partial charge in [0.25, 0.3) is 0 Å². The zero-order valence-electron chi connectivity index (χ0n) is 23.8. The Morgan fingerprint density at radius 1 is 0.684 bits per heavy atom. The molecule has 0 bridgehead atoms. The van der Waals surface area contributed by atoms with Gasteiger partial charge in [-0.1, -0.05) is 0 Å². The van der Waals surface area contributed by atoms with Crippen LogP contribution in [0.2, 0.25) is 0 Å². The van der Waals surface area contributed by atoms with Gasteiger partial charge in [0, 0.05) is 35.8 Å². The quantitative estimate of drug-likeness (QED) is 0.316. The summed E-state index contributed by atoms with van der Waals surface area (Å²) in [4.78, 5) is 5.31. The number of quaternary nitrogens is 2. The second-order valence-electron chi connectivity index (χ2n) is 12.6. The first-order chi connectivity index (χ1) is 17.1. The lowest BCUT2D eigenvalue weighted by Crippen LogP contribution is -3.00. The number of nitrogens with two attached hydrogens (primary N) is 2. The average molecular weight is 564 g/mol. The molecule has 3 saturated heterocycles. The number of rotatable bonds is 6. The van der Waals surface area contributed by atoms with E-state index in [1.54, 1.807) is 0 Å². The van der Waals surface area contributed by atoms with E-state index in [0.29, 0.717) is 12.1 Å². The number of likely N-dealkylation sites (N-methyl/N-ethyl adjacent to an activating group) is 2. The fourth-order valence-electron chi connectivity index (χ4n) is 6.98. The molecular formula is C30H48Cl2N6. The zero-order valence-corrected chi connectivity index (χ0v) is 25.3. The van der Waals surface area contributed by atoms with Gasteiger partial charge in [0.1, 0.15) is 26.2 Å². The highest BCUT2D eigenvalue weighted by Crippen LogP contribution is 2.32. The smallest absolute Gasteiger partial charge is 0.129 e. The third kappa shape index (κ3) is 6.47. The Bertz CT molecular complexity index is 999. The van der Waals surface area contributed by atoms with Crippen molar-refractivity contribution < 1.29 is 33.8 Å². The third-order valence-corrected chi connectivity index (χ3v) is 9.59. The van der Waals surface area contributed by atoms with Crippen LogP contribution in [0.25, 0.3) is 0 Å². The molecule has 2 aromatic rings. The molecule has 3 aliphatic heterocycles. The van der Waals surface area contributed by atoms with Crippen LogP contribution in [0.4, 0.5) is 22.7 Å². The first-order valence-corrected chi connectivity index (χ1v) is 14.1. The number of hydrogen-bond acceptors (Lipinski definition) is 4. The van der Waals surface area contributed by atoms with Crippen molar-refractivity contribution in [3.63, 3.8) is 0 Å². The summed E-state index contributed by atoms with van der Waals surface area (Å²) in [6, 6.07) is 14.4. The van der Waals surface area contributed by atoms with E-state index in [4.69, 9.17) is 11.5 Å². The van der Waals surface area contributed by atoms with Crippen molar-refractivity contribution in [1.29, 1.82) is 0 Å². The molecule has 2 aromatic carbocycles. The molecule has 0 radical (unpaired) electrons. The van der Waals surface area contributed by atoms with Crippen LogP contribution < -0.4 is 46.1 Å². The largest absolute Gasteiger partial charge is 1.00 e. The van der Waals surface area contributed by atoms with Crippen LogP contribution in [-0.4, -0.2) is 87.5 Å². The van der Waals surface area contributed by atoms with Crippen LogP contribution in [0.15, 0.2) is 36.4 Å². The molecule has 38 heavy (non-hydrogen) atoms. The molecule has 2 atom stereocenters. The highest BCUT2D eigenvalue weighted by Gasteiger charge is 2.42. The first kappa shape index (κ1) is 30.7. The molecule has 0 amide bonds. The summed E-state index contributed by atoms with van der Waals surface area (Å²) < 4.78 is 2.41. The SMILES string of the molecule is Cc1cc(N2CCCC2C[N+]2(C)CC[N+](C)(CC3CCCN3c3ccc(N)c(C)c3)CC2)ccc1N.[Cl-].[Cl-]. The molecule has 0 aromatic heterocycles. The van der Waals surface area contributed by atoms with Crippen LogP contribution in [0.5, 0.6) is 0 Å². The number of halogens is 2. The Hall–Kier alpha value is -1.86. The summed E-state index contributed by atoms with van der Waals surface area (Å²) in [5.74, 6) is 0. The van der Waals surface area contributed by atoms with Crippen molar-refractivity contribution in [3.8, 4) is 0 Å². The maximum atomic E-state index is 6.10. The fraction of sp³-hybridized carbons (Fsp3) is 0.600. The van der Waals surface area contributed by atoms with Crippen molar-refractivity contribution in [1.82, 2.24) is 0 Å². The summed E-state index contributed by atoms with van der Waals surface area (Å²) >= 11 is 0. The van der Waals surface area contributed by atoms with Gasteiger partial charge in [-0.2, -0.15) is 0 Å². The highest BCUT2D eigenvalue weighted by atomic mass is 35.5. The topological polar surface area (TPSA) is 58.5 Å². The van der Waals surface area contributed by atoms with Crippen molar-refractivity contribution >= 4 is 22.7 Å². The molecular weight excluding hydrogens is 515 g/mol. The van der Waals surface area contributed by atoms with Crippen molar-refractivity contribution in [2.24, 2.45) is 0 Å². The molecule has 5 rings (SSSR count). The lowest BCUT2D eigenvalue weighted by molar-refractivity contribution is -1.02. The Morgan fingerprint density at radius 3 is 1.39 bits per heavy atom. The normalized spacial score (nSPS) is 29.2. The fourth-order valence-corrected chi connectivity index (χ4v) is 6.98. The Morgan fingerprint density at radius 2 is 1.05 bits per heavy atom. The number of anilines is 4. The number of piperazine rings is 1. The standard InChI is InChI=1S/C30H48N6.2ClH/c1-23-19-25(9-11-29(23)31)33-13-5-7-27(33)21-35(3)15-17-36(4,18-16-35)22-28-8-6-14-34(28)26-10-12-30(32)24(2)20-26;;/h9-12,19-20,27-28H,5-8,13-18,21-22,31-32H2,1-4H3;2*1H/q+2;;/p-2. The lowest BCUT2D eigenvalue weighted by atomic mass is 10.1. The van der Waals surface area contributed by atoms with E-state index in [9.17, 15) is 0 Å². The minimum Gasteiger partial charge on any atom is -1.00 e. The van der Waals surface area contributed by atoms with Gasteiger partial charge in [0.2, 0.25) is 0 Å². The van der Waals surface area contributed by atoms with Gasteiger partial charge in [-0.05, 0) is 87.1 Å². The number of nitrogens with zero attached hydrogens (tertiary/aromatic N) is 4. The molecule has 212 valence electrons. The van der Waals surface area contributed by atoms with Crippen LogP contribution >= 0.6 is 0 Å². The summed E-state index contributed by atoms with van der Waals surface area (Å²) in [7, 11) is 5.01. The summed E-state index contributed by atoms with van der Waals surface area (Å²) in [5.41, 5.74) is 19.1. The van der Waals surface area contributed by atoms with Gasteiger partial charge in [-0.3, -0.25) is 0 Å². The Kier molecular flexibility index (Phi) is 9.78. The summed E-state index contributed by atoms with van der Waals surface area (Å²) in [6.45, 7) is 14.2. The van der Waals surface area contributed by atoms with Crippen LogP contribution in [0.3, 0.4) is 0 Å². The van der Waals surface area contributed by atoms with Gasteiger partial charge in [-0.15, -0.1) is 0 Å². The van der Waals surface area contributed by atoms with E-state index < -0.39 is 0 Å². The minimum atomic E-state index is 0. The highest BCUT2D eigenvalue weighted by molar-refractivity contribution is 5.60. The number of benzene rings is 2. The van der Waals surface area contributed by atoms with E-state index in [1.807, 2.05) is 0 Å². The number of aryl methyl sites for hydroxylation is 2. The van der Waals surface area contributed by atoms with Gasteiger partial charge < -0.3 is 55.0 Å². The third-order valence-electron chi connectivity index (χ3n) is 9.59. The van der Waals surface area contributed by atoms with Crippen LogP contribution in [-0.2, 0) is 0 Å². The molecule has 3 heterocycles. The van der Waals surface area contributed by atoms with E-state index >= 15 is 0 Å². The second-order valence-corrected chi connectivity index (χ2v) is 12.6. The number of hydrogen-bond donors (Lipinski definition) is 2. The van der Waals surface area contributed by atoms with Gasteiger partial charge in [-0.25, -0.2) is 0 Å². The molecule has 0 aliphatic carbocycles. The Labute approximate surface area is 242 Å². The molecule has 6 nitrogen and oxygen atoms in total.